The highest BCUT2D eigenvalue weighted by atomic mass is 32.2. The molecule has 1 N–H and O–H groups in total. The third kappa shape index (κ3) is 4.08. The first kappa shape index (κ1) is 16.0. The second kappa shape index (κ2) is 6.18. The summed E-state index contributed by atoms with van der Waals surface area (Å²) in [6.45, 7) is 0. The predicted octanol–water partition coefficient (Wildman–Crippen LogP) is 3.14. The molecular weight excluding hydrogens is 316 g/mol. The Morgan fingerprint density at radius 3 is 2.32 bits per heavy atom. The zero-order valence-corrected chi connectivity index (χ0v) is 12.6. The highest BCUT2D eigenvalue weighted by molar-refractivity contribution is 7.92. The first-order chi connectivity index (χ1) is 10.3. The Morgan fingerprint density at radius 2 is 1.73 bits per heavy atom. The lowest BCUT2D eigenvalue weighted by atomic mass is 10.2. The first-order valence-corrected chi connectivity index (χ1v) is 7.96. The lowest BCUT2D eigenvalue weighted by molar-refractivity contribution is 0.411. The van der Waals surface area contributed by atoms with Gasteiger partial charge in [-0.25, -0.2) is 17.2 Å². The summed E-state index contributed by atoms with van der Waals surface area (Å²) >= 11 is 0. The van der Waals surface area contributed by atoms with Gasteiger partial charge in [-0.3, -0.25) is 4.72 Å². The highest BCUT2D eigenvalue weighted by Gasteiger charge is 2.13. The summed E-state index contributed by atoms with van der Waals surface area (Å²) in [6.07, 6.45) is 0.967. The molecule has 0 heterocycles. The van der Waals surface area contributed by atoms with Crippen LogP contribution in [-0.2, 0) is 10.0 Å². The van der Waals surface area contributed by atoms with Crippen molar-refractivity contribution in [1.29, 1.82) is 0 Å². The Labute approximate surface area is 126 Å². The fraction of sp³-hybridized carbons (Fsp3) is 0.143. The van der Waals surface area contributed by atoms with Crippen molar-refractivity contribution >= 4 is 15.7 Å². The van der Waals surface area contributed by atoms with Crippen molar-refractivity contribution in [2.45, 2.75) is 0 Å². The van der Waals surface area contributed by atoms with E-state index < -0.39 is 21.7 Å². The molecule has 5 nitrogen and oxygen atoms in total. The minimum absolute atomic E-state index is 0.0525. The van der Waals surface area contributed by atoms with E-state index in [-0.39, 0.29) is 17.2 Å². The number of ether oxygens (including phenoxy) is 2. The number of nitrogens with one attached hydrogen (secondary N) is 1. The van der Waals surface area contributed by atoms with Gasteiger partial charge in [0.05, 0.1) is 19.1 Å². The van der Waals surface area contributed by atoms with Crippen LogP contribution in [0.4, 0.5) is 14.5 Å². The molecule has 2 aromatic rings. The van der Waals surface area contributed by atoms with Crippen LogP contribution in [0, 0.1) is 11.6 Å². The molecule has 0 saturated carbocycles. The van der Waals surface area contributed by atoms with Gasteiger partial charge >= 0.3 is 0 Å². The van der Waals surface area contributed by atoms with Gasteiger partial charge in [0, 0.05) is 12.1 Å². The molecule has 0 aliphatic heterocycles. The molecule has 0 fully saturated rings. The standard InChI is InChI=1S/C14H13F2NO4S/c1-20-10-4-6-14(12(8-10)17-22(2,18)19)21-13-5-3-9(15)7-11(13)16/h3-8,17H,1-2H3. The maximum atomic E-state index is 13.6. The third-order valence-corrected chi connectivity index (χ3v) is 3.19. The molecular formula is C14H13F2NO4S. The summed E-state index contributed by atoms with van der Waals surface area (Å²) in [7, 11) is -2.16. The Hall–Kier alpha value is -2.35. The van der Waals surface area contributed by atoms with Gasteiger partial charge in [0.2, 0.25) is 10.0 Å². The Morgan fingerprint density at radius 1 is 1.05 bits per heavy atom. The van der Waals surface area contributed by atoms with Crippen LogP contribution in [-0.4, -0.2) is 21.8 Å². The monoisotopic (exact) mass is 329 g/mol. The topological polar surface area (TPSA) is 64.6 Å². The van der Waals surface area contributed by atoms with Crippen LogP contribution in [0.1, 0.15) is 0 Å². The molecule has 0 atom stereocenters. The average Bonchev–Trinajstić information content (AvgIpc) is 2.41. The molecule has 0 bridgehead atoms. The van der Waals surface area contributed by atoms with Gasteiger partial charge in [-0.05, 0) is 24.3 Å². The molecule has 0 amide bonds. The Balaban J connectivity index is 2.41. The molecule has 2 rings (SSSR count). The van der Waals surface area contributed by atoms with E-state index in [0.29, 0.717) is 11.8 Å². The van der Waals surface area contributed by atoms with Gasteiger partial charge in [0.1, 0.15) is 11.6 Å². The predicted molar refractivity (Wildman–Crippen MR) is 77.9 cm³/mol. The summed E-state index contributed by atoms with van der Waals surface area (Å²) in [4.78, 5) is 0. The lowest BCUT2D eigenvalue weighted by Gasteiger charge is -2.13. The van der Waals surface area contributed by atoms with E-state index in [1.54, 1.807) is 0 Å². The van der Waals surface area contributed by atoms with E-state index >= 15 is 0 Å². The molecule has 0 spiro atoms. The van der Waals surface area contributed by atoms with Gasteiger partial charge in [-0.2, -0.15) is 0 Å². The summed E-state index contributed by atoms with van der Waals surface area (Å²) in [5.74, 6) is -1.44. The highest BCUT2D eigenvalue weighted by Crippen LogP contribution is 2.34. The van der Waals surface area contributed by atoms with E-state index in [2.05, 4.69) is 4.72 Å². The fourth-order valence-corrected chi connectivity index (χ4v) is 2.24. The zero-order valence-electron chi connectivity index (χ0n) is 11.8. The minimum Gasteiger partial charge on any atom is -0.497 e. The van der Waals surface area contributed by atoms with E-state index in [0.717, 1.165) is 18.4 Å². The van der Waals surface area contributed by atoms with Crippen LogP contribution in [0.3, 0.4) is 0 Å². The van der Waals surface area contributed by atoms with E-state index in [1.807, 2.05) is 0 Å². The number of rotatable bonds is 5. The maximum absolute atomic E-state index is 13.6. The second-order valence-corrected chi connectivity index (χ2v) is 6.16. The minimum atomic E-state index is -3.57. The molecule has 0 aliphatic carbocycles. The second-order valence-electron chi connectivity index (χ2n) is 4.41. The number of halogens is 2. The van der Waals surface area contributed by atoms with Gasteiger partial charge in [-0.1, -0.05) is 0 Å². The van der Waals surface area contributed by atoms with Crippen molar-refractivity contribution < 1.29 is 26.7 Å². The fourth-order valence-electron chi connectivity index (χ4n) is 1.68. The number of hydrogen-bond donors (Lipinski definition) is 1. The molecule has 0 aromatic heterocycles. The molecule has 0 unspecified atom stereocenters. The van der Waals surface area contributed by atoms with Gasteiger partial charge in [-0.15, -0.1) is 0 Å². The van der Waals surface area contributed by atoms with Crippen LogP contribution in [0.15, 0.2) is 36.4 Å². The smallest absolute Gasteiger partial charge is 0.229 e. The van der Waals surface area contributed by atoms with Gasteiger partial charge < -0.3 is 9.47 Å². The normalized spacial score (nSPS) is 11.1. The first-order valence-electron chi connectivity index (χ1n) is 6.07. The lowest BCUT2D eigenvalue weighted by Crippen LogP contribution is -2.10. The van der Waals surface area contributed by atoms with E-state index in [1.165, 1.54) is 25.3 Å². The third-order valence-electron chi connectivity index (χ3n) is 2.60. The SMILES string of the molecule is COc1ccc(Oc2ccc(F)cc2F)c(NS(C)(=O)=O)c1. The number of anilines is 1. The van der Waals surface area contributed by atoms with Crippen molar-refractivity contribution in [3.63, 3.8) is 0 Å². The van der Waals surface area contributed by atoms with Crippen LogP contribution in [0.5, 0.6) is 17.2 Å². The van der Waals surface area contributed by atoms with Crippen LogP contribution in [0.25, 0.3) is 0 Å². The molecule has 2 aromatic carbocycles. The van der Waals surface area contributed by atoms with Crippen molar-refractivity contribution in [2.75, 3.05) is 18.1 Å². The molecule has 22 heavy (non-hydrogen) atoms. The quantitative estimate of drug-likeness (QED) is 0.915. The van der Waals surface area contributed by atoms with Crippen molar-refractivity contribution in [1.82, 2.24) is 0 Å². The molecule has 0 aliphatic rings. The molecule has 8 heteroatoms. The summed E-state index contributed by atoms with van der Waals surface area (Å²) in [5, 5.41) is 0. The van der Waals surface area contributed by atoms with Crippen LogP contribution < -0.4 is 14.2 Å². The molecule has 0 radical (unpaired) electrons. The van der Waals surface area contributed by atoms with Crippen molar-refractivity contribution in [2.24, 2.45) is 0 Å². The average molecular weight is 329 g/mol. The van der Waals surface area contributed by atoms with Crippen LogP contribution >= 0.6 is 0 Å². The van der Waals surface area contributed by atoms with Gasteiger partial charge in [0.15, 0.2) is 17.3 Å². The summed E-state index contributed by atoms with van der Waals surface area (Å²) < 4.78 is 61.8. The van der Waals surface area contributed by atoms with E-state index in [9.17, 15) is 17.2 Å². The number of methoxy groups -OCH3 is 1. The van der Waals surface area contributed by atoms with Gasteiger partial charge in [0.25, 0.3) is 0 Å². The number of sulfonamides is 1. The van der Waals surface area contributed by atoms with Crippen molar-refractivity contribution in [3.8, 4) is 17.2 Å². The molecule has 0 saturated heterocycles. The molecule has 118 valence electrons. The van der Waals surface area contributed by atoms with E-state index in [4.69, 9.17) is 9.47 Å². The number of hydrogen-bond acceptors (Lipinski definition) is 4. The zero-order chi connectivity index (χ0) is 16.3. The van der Waals surface area contributed by atoms with Crippen molar-refractivity contribution in [3.05, 3.63) is 48.0 Å². The Bertz CT molecular complexity index is 793. The van der Waals surface area contributed by atoms with Crippen LogP contribution in [0.2, 0.25) is 0 Å². The largest absolute Gasteiger partial charge is 0.497 e. The maximum Gasteiger partial charge on any atom is 0.229 e. The Kier molecular flexibility index (Phi) is 4.51. The summed E-state index contributed by atoms with van der Waals surface area (Å²) in [5.41, 5.74) is 0.0746. The summed E-state index contributed by atoms with van der Waals surface area (Å²) in [6, 6.07) is 7.13. The number of benzene rings is 2.